The molecule has 1 aliphatic carbocycles. The van der Waals surface area contributed by atoms with E-state index in [2.05, 4.69) is 67.6 Å². The van der Waals surface area contributed by atoms with Crippen molar-refractivity contribution in [1.82, 2.24) is 0 Å². The van der Waals surface area contributed by atoms with Crippen LogP contribution in [0.25, 0.3) is 0 Å². The lowest BCUT2D eigenvalue weighted by Gasteiger charge is -2.21. The van der Waals surface area contributed by atoms with Gasteiger partial charge in [-0.2, -0.15) is 4.90 Å². The largest absolute Gasteiger partial charge is 0.448 e. The van der Waals surface area contributed by atoms with Gasteiger partial charge in [0, 0.05) is 21.1 Å². The SMILES string of the molecule is O=C(Nc1ccc(Br)cc1)N(C(=O)OCC/C1=C/C/C=C/CC/C=C\C1)c1ccc(Br)cc1. The second-order valence-electron chi connectivity index (χ2n) is 7.44. The summed E-state index contributed by atoms with van der Waals surface area (Å²) < 4.78 is 7.26. The molecule has 0 spiro atoms. The van der Waals surface area contributed by atoms with Gasteiger partial charge in [-0.15, -0.1) is 0 Å². The van der Waals surface area contributed by atoms with Crippen molar-refractivity contribution in [3.05, 3.63) is 93.4 Å². The molecule has 2 aromatic carbocycles. The van der Waals surface area contributed by atoms with Gasteiger partial charge in [0.1, 0.15) is 0 Å². The second-order valence-corrected chi connectivity index (χ2v) is 9.27. The molecule has 0 heterocycles. The van der Waals surface area contributed by atoms with E-state index in [4.69, 9.17) is 4.74 Å². The van der Waals surface area contributed by atoms with E-state index in [0.717, 1.165) is 39.5 Å². The summed E-state index contributed by atoms with van der Waals surface area (Å²) in [6.45, 7) is 0.195. The average Bonchev–Trinajstić information content (AvgIpc) is 2.81. The van der Waals surface area contributed by atoms with Gasteiger partial charge in [0.25, 0.3) is 0 Å². The zero-order valence-electron chi connectivity index (χ0n) is 18.2. The summed E-state index contributed by atoms with van der Waals surface area (Å²) in [5, 5.41) is 2.76. The van der Waals surface area contributed by atoms with Gasteiger partial charge >= 0.3 is 12.1 Å². The number of allylic oxidation sites excluding steroid dienone is 5. The van der Waals surface area contributed by atoms with Gasteiger partial charge in [0.2, 0.25) is 0 Å². The van der Waals surface area contributed by atoms with Gasteiger partial charge in [0.05, 0.1) is 12.3 Å². The first kappa shape index (κ1) is 25.0. The fourth-order valence-corrected chi connectivity index (χ4v) is 3.75. The number of imide groups is 1. The Morgan fingerprint density at radius 3 is 2.21 bits per heavy atom. The molecule has 1 N–H and O–H groups in total. The van der Waals surface area contributed by atoms with E-state index in [9.17, 15) is 9.59 Å². The number of hydrogen-bond acceptors (Lipinski definition) is 3. The van der Waals surface area contributed by atoms with Gasteiger partial charge in [-0.05, 0) is 74.2 Å². The molecule has 5 nitrogen and oxygen atoms in total. The van der Waals surface area contributed by atoms with Gasteiger partial charge in [-0.25, -0.2) is 9.59 Å². The van der Waals surface area contributed by atoms with E-state index < -0.39 is 12.1 Å². The maximum atomic E-state index is 13.0. The van der Waals surface area contributed by atoms with Crippen LogP contribution in [0.2, 0.25) is 0 Å². The predicted octanol–water partition coefficient (Wildman–Crippen LogP) is 8.39. The Bertz CT molecular complexity index is 1030. The van der Waals surface area contributed by atoms with Crippen molar-refractivity contribution in [3.8, 4) is 0 Å². The Hall–Kier alpha value is -2.64. The van der Waals surface area contributed by atoms with Gasteiger partial charge in [-0.1, -0.05) is 67.8 Å². The average molecular weight is 574 g/mol. The summed E-state index contributed by atoms with van der Waals surface area (Å²) >= 11 is 6.75. The van der Waals surface area contributed by atoms with Crippen LogP contribution >= 0.6 is 31.9 Å². The Labute approximate surface area is 211 Å². The fourth-order valence-electron chi connectivity index (χ4n) is 3.22. The number of benzene rings is 2. The van der Waals surface area contributed by atoms with Crippen LogP contribution in [0, 0.1) is 0 Å². The number of carbonyl (C=O) groups excluding carboxylic acids is 2. The molecule has 172 valence electrons. The summed E-state index contributed by atoms with van der Waals surface area (Å²) in [4.78, 5) is 27.0. The highest BCUT2D eigenvalue weighted by molar-refractivity contribution is 9.10. The molecule has 1 aliphatic rings. The highest BCUT2D eigenvalue weighted by Crippen LogP contribution is 2.22. The molecule has 0 saturated heterocycles. The molecule has 0 bridgehead atoms. The summed E-state index contributed by atoms with van der Waals surface area (Å²) in [5.41, 5.74) is 2.20. The number of rotatable bonds is 5. The number of urea groups is 1. The Kier molecular flexibility index (Phi) is 9.97. The lowest BCUT2D eigenvalue weighted by Crippen LogP contribution is -2.40. The van der Waals surface area contributed by atoms with Crippen LogP contribution in [-0.2, 0) is 4.74 Å². The van der Waals surface area contributed by atoms with E-state index in [-0.39, 0.29) is 6.61 Å². The van der Waals surface area contributed by atoms with Crippen molar-refractivity contribution < 1.29 is 14.3 Å². The molecule has 0 unspecified atom stereocenters. The van der Waals surface area contributed by atoms with Crippen LogP contribution < -0.4 is 10.2 Å². The van der Waals surface area contributed by atoms with Crippen molar-refractivity contribution in [2.24, 2.45) is 0 Å². The van der Waals surface area contributed by atoms with E-state index in [1.807, 2.05) is 12.1 Å². The molecule has 0 aliphatic heterocycles. The standard InChI is InChI=1S/C26H26Br2N2O3/c27-21-10-14-23(15-11-21)29-25(31)30(24-16-12-22(28)13-17-24)26(32)33-19-18-20-8-6-4-2-1-3-5-7-9-20/h2,4-5,7-8,10-17H,1,3,6,9,18-19H2,(H,29,31)/b4-2+,7-5-,20-8+. The smallest absolute Gasteiger partial charge is 0.422 e. The third kappa shape index (κ3) is 8.33. The molecule has 0 atom stereocenters. The Balaban J connectivity index is 1.68. The second kappa shape index (κ2) is 13.2. The van der Waals surface area contributed by atoms with Crippen LogP contribution in [0.3, 0.4) is 0 Å². The van der Waals surface area contributed by atoms with Gasteiger partial charge in [-0.3, -0.25) is 0 Å². The van der Waals surface area contributed by atoms with E-state index >= 15 is 0 Å². The lowest BCUT2D eigenvalue weighted by molar-refractivity contribution is 0.156. The molecule has 7 heteroatoms. The number of hydrogen-bond donors (Lipinski definition) is 1. The zero-order valence-corrected chi connectivity index (χ0v) is 21.3. The minimum atomic E-state index is -0.720. The maximum absolute atomic E-state index is 13.0. The maximum Gasteiger partial charge on any atom is 0.422 e. The van der Waals surface area contributed by atoms with E-state index in [1.54, 1.807) is 36.4 Å². The van der Waals surface area contributed by atoms with Crippen LogP contribution in [0.15, 0.2) is 93.4 Å². The first-order valence-electron chi connectivity index (χ1n) is 10.8. The molecule has 0 fully saturated rings. The van der Waals surface area contributed by atoms with Crippen molar-refractivity contribution >= 4 is 55.4 Å². The number of ether oxygens (including phenoxy) is 1. The highest BCUT2D eigenvalue weighted by Gasteiger charge is 2.25. The fraction of sp³-hybridized carbons (Fsp3) is 0.231. The Morgan fingerprint density at radius 2 is 1.52 bits per heavy atom. The van der Waals surface area contributed by atoms with Crippen molar-refractivity contribution in [2.45, 2.75) is 32.1 Å². The molecule has 3 amide bonds. The third-order valence-electron chi connectivity index (χ3n) is 4.97. The topological polar surface area (TPSA) is 58.6 Å². The Morgan fingerprint density at radius 1 is 0.879 bits per heavy atom. The lowest BCUT2D eigenvalue weighted by atomic mass is 10.1. The molecule has 33 heavy (non-hydrogen) atoms. The molecule has 0 aromatic heterocycles. The number of halogens is 2. The summed E-state index contributed by atoms with van der Waals surface area (Å²) in [5.74, 6) is 0. The van der Waals surface area contributed by atoms with Gasteiger partial charge < -0.3 is 10.1 Å². The summed E-state index contributed by atoms with van der Waals surface area (Å²) in [6, 6.07) is 13.5. The first-order valence-corrected chi connectivity index (χ1v) is 12.4. The van der Waals surface area contributed by atoms with Crippen LogP contribution in [0.5, 0.6) is 0 Å². The van der Waals surface area contributed by atoms with Crippen LogP contribution in [0.4, 0.5) is 21.0 Å². The monoisotopic (exact) mass is 572 g/mol. The van der Waals surface area contributed by atoms with E-state index in [0.29, 0.717) is 17.8 Å². The molecule has 0 radical (unpaired) electrons. The van der Waals surface area contributed by atoms with Crippen LogP contribution in [0.1, 0.15) is 32.1 Å². The number of anilines is 2. The quantitative estimate of drug-likeness (QED) is 0.365. The number of nitrogens with one attached hydrogen (secondary N) is 1. The normalized spacial score (nSPS) is 17.2. The zero-order chi connectivity index (χ0) is 23.5. The predicted molar refractivity (Wildman–Crippen MR) is 141 cm³/mol. The van der Waals surface area contributed by atoms with Crippen molar-refractivity contribution in [3.63, 3.8) is 0 Å². The van der Waals surface area contributed by atoms with Crippen LogP contribution in [-0.4, -0.2) is 18.7 Å². The molecular weight excluding hydrogens is 548 g/mol. The highest BCUT2D eigenvalue weighted by atomic mass is 79.9. The summed E-state index contributed by atoms with van der Waals surface area (Å²) in [6.07, 6.45) is 14.6. The van der Waals surface area contributed by atoms with Gasteiger partial charge in [0.15, 0.2) is 0 Å². The molecular formula is C26H26Br2N2O3. The molecule has 0 saturated carbocycles. The third-order valence-corrected chi connectivity index (χ3v) is 6.03. The number of carbonyl (C=O) groups is 2. The molecule has 2 aromatic rings. The first-order chi connectivity index (χ1) is 16.0. The van der Waals surface area contributed by atoms with Crippen molar-refractivity contribution in [2.75, 3.05) is 16.8 Å². The summed E-state index contributed by atoms with van der Waals surface area (Å²) in [7, 11) is 0. The number of nitrogens with zero attached hydrogens (tertiary/aromatic N) is 1. The van der Waals surface area contributed by atoms with E-state index in [1.165, 1.54) is 5.57 Å². The van der Waals surface area contributed by atoms with Crippen molar-refractivity contribution in [1.29, 1.82) is 0 Å². The minimum absolute atomic E-state index is 0.195. The minimum Gasteiger partial charge on any atom is -0.448 e. The number of amides is 3. The molecule has 3 rings (SSSR count).